The zero-order valence-electron chi connectivity index (χ0n) is 11.1. The number of nitrogens with one attached hydrogen (secondary N) is 1. The van der Waals surface area contributed by atoms with E-state index in [2.05, 4.69) is 27.3 Å². The van der Waals surface area contributed by atoms with Crippen molar-refractivity contribution >= 4 is 21.6 Å². The molecule has 0 bridgehead atoms. The zero-order valence-corrected chi connectivity index (χ0v) is 12.7. The van der Waals surface area contributed by atoms with Gasteiger partial charge in [-0.15, -0.1) is 0 Å². The first-order valence-electron chi connectivity index (χ1n) is 6.25. The number of hydrogen-bond donors (Lipinski definition) is 1. The quantitative estimate of drug-likeness (QED) is 0.896. The lowest BCUT2D eigenvalue weighted by atomic mass is 10.2. The molecule has 0 aliphatic rings. The van der Waals surface area contributed by atoms with Crippen molar-refractivity contribution in [2.24, 2.45) is 0 Å². The van der Waals surface area contributed by atoms with Crippen molar-refractivity contribution in [3.8, 4) is 17.9 Å². The maximum atomic E-state index is 8.83. The highest BCUT2D eigenvalue weighted by Gasteiger charge is 2.02. The van der Waals surface area contributed by atoms with Crippen LogP contribution in [0.2, 0.25) is 0 Å². The largest absolute Gasteiger partial charge is 0.479 e. The average Bonchev–Trinajstić information content (AvgIpc) is 2.52. The van der Waals surface area contributed by atoms with Gasteiger partial charge in [0, 0.05) is 16.7 Å². The number of nitrogens with zero attached hydrogens (tertiary/aromatic N) is 2. The number of benzene rings is 2. The van der Waals surface area contributed by atoms with Crippen molar-refractivity contribution in [3.63, 3.8) is 0 Å². The lowest BCUT2D eigenvalue weighted by Crippen LogP contribution is -2.01. The highest BCUT2D eigenvalue weighted by Crippen LogP contribution is 2.24. The molecule has 0 atom stereocenters. The molecule has 4 nitrogen and oxygen atoms in total. The van der Waals surface area contributed by atoms with Crippen LogP contribution in [0.5, 0.6) is 5.75 Å². The summed E-state index contributed by atoms with van der Waals surface area (Å²) in [6.45, 7) is 0.659. The van der Waals surface area contributed by atoms with Crippen molar-refractivity contribution in [2.45, 2.75) is 6.54 Å². The molecule has 0 aromatic heterocycles. The van der Waals surface area contributed by atoms with Gasteiger partial charge in [-0.05, 0) is 51.8 Å². The van der Waals surface area contributed by atoms with E-state index < -0.39 is 0 Å². The summed E-state index contributed by atoms with van der Waals surface area (Å²) >= 11 is 3.44. The van der Waals surface area contributed by atoms with E-state index in [9.17, 15) is 0 Å². The highest BCUT2D eigenvalue weighted by atomic mass is 79.9. The first kappa shape index (κ1) is 14.9. The predicted octanol–water partition coefficient (Wildman–Crippen LogP) is 3.84. The van der Waals surface area contributed by atoms with E-state index in [1.165, 1.54) is 0 Å². The number of ether oxygens (including phenoxy) is 1. The topological polar surface area (TPSA) is 68.8 Å². The van der Waals surface area contributed by atoms with Crippen LogP contribution in [-0.4, -0.2) is 6.61 Å². The third-order valence-electron chi connectivity index (χ3n) is 2.78. The molecule has 0 amide bonds. The van der Waals surface area contributed by atoms with Crippen LogP contribution in [0.25, 0.3) is 0 Å². The molecule has 2 aromatic carbocycles. The average molecular weight is 342 g/mol. The van der Waals surface area contributed by atoms with Gasteiger partial charge in [-0.1, -0.05) is 12.1 Å². The number of nitriles is 2. The number of hydrogen-bond acceptors (Lipinski definition) is 4. The Morgan fingerprint density at radius 3 is 2.71 bits per heavy atom. The molecular weight excluding hydrogens is 330 g/mol. The molecule has 0 radical (unpaired) electrons. The fourth-order valence-electron chi connectivity index (χ4n) is 1.79. The van der Waals surface area contributed by atoms with E-state index in [0.29, 0.717) is 17.9 Å². The zero-order chi connectivity index (χ0) is 15.1. The fourth-order valence-corrected chi connectivity index (χ4v) is 2.31. The molecule has 0 heterocycles. The van der Waals surface area contributed by atoms with E-state index in [0.717, 1.165) is 15.7 Å². The van der Waals surface area contributed by atoms with Gasteiger partial charge in [0.2, 0.25) is 0 Å². The molecule has 0 fully saturated rings. The number of halogens is 1. The van der Waals surface area contributed by atoms with Gasteiger partial charge in [-0.3, -0.25) is 0 Å². The summed E-state index contributed by atoms with van der Waals surface area (Å²) < 4.78 is 6.11. The molecule has 0 saturated carbocycles. The molecule has 2 aromatic rings. The first-order valence-corrected chi connectivity index (χ1v) is 7.04. The smallest absolute Gasteiger partial charge is 0.174 e. The molecular formula is C16H12BrN3O. The van der Waals surface area contributed by atoms with Crippen LogP contribution in [0.4, 0.5) is 5.69 Å². The summed E-state index contributed by atoms with van der Waals surface area (Å²) in [6.07, 6.45) is 0. The van der Waals surface area contributed by atoms with Crippen molar-refractivity contribution in [1.82, 2.24) is 0 Å². The Kier molecular flexibility index (Phi) is 5.20. The monoisotopic (exact) mass is 341 g/mol. The third kappa shape index (κ3) is 4.24. The molecule has 2 rings (SSSR count). The second kappa shape index (κ2) is 7.33. The van der Waals surface area contributed by atoms with Crippen molar-refractivity contribution in [1.29, 1.82) is 10.5 Å². The minimum absolute atomic E-state index is 0.0397. The molecule has 0 aliphatic carbocycles. The molecule has 0 aliphatic heterocycles. The SMILES string of the molecule is N#CCOc1cccc(CNc2ccc(C#N)cc2Br)c1. The van der Waals surface area contributed by atoms with Gasteiger partial charge in [0.1, 0.15) is 11.8 Å². The normalized spacial score (nSPS) is 9.48. The molecule has 104 valence electrons. The van der Waals surface area contributed by atoms with Crippen molar-refractivity contribution in [3.05, 3.63) is 58.1 Å². The number of rotatable bonds is 5. The number of anilines is 1. The Balaban J connectivity index is 2.03. The maximum Gasteiger partial charge on any atom is 0.174 e. The standard InChI is InChI=1S/C16H12BrN3O/c17-15-9-12(10-19)4-5-16(15)20-11-13-2-1-3-14(8-13)21-7-6-18/h1-5,8-9,20H,7,11H2. The van der Waals surface area contributed by atoms with E-state index in [1.54, 1.807) is 12.1 Å². The maximum absolute atomic E-state index is 8.83. The second-order valence-corrected chi connectivity index (χ2v) is 5.11. The Morgan fingerprint density at radius 1 is 1.14 bits per heavy atom. The lowest BCUT2D eigenvalue weighted by molar-refractivity contribution is 0.368. The summed E-state index contributed by atoms with van der Waals surface area (Å²) in [6, 6.07) is 17.0. The first-order chi connectivity index (χ1) is 10.2. The van der Waals surface area contributed by atoms with Gasteiger partial charge in [-0.2, -0.15) is 10.5 Å². The van der Waals surface area contributed by atoms with E-state index in [4.69, 9.17) is 15.3 Å². The summed E-state index contributed by atoms with van der Waals surface area (Å²) in [5, 5.41) is 20.6. The van der Waals surface area contributed by atoms with Crippen LogP contribution >= 0.6 is 15.9 Å². The van der Waals surface area contributed by atoms with Crippen LogP contribution in [-0.2, 0) is 6.54 Å². The molecule has 0 unspecified atom stereocenters. The Morgan fingerprint density at radius 2 is 2.00 bits per heavy atom. The molecule has 0 saturated heterocycles. The minimum Gasteiger partial charge on any atom is -0.479 e. The van der Waals surface area contributed by atoms with E-state index >= 15 is 0 Å². The summed E-state index contributed by atoms with van der Waals surface area (Å²) in [7, 11) is 0. The van der Waals surface area contributed by atoms with Crippen LogP contribution in [0, 0.1) is 22.7 Å². The van der Waals surface area contributed by atoms with Gasteiger partial charge < -0.3 is 10.1 Å². The van der Waals surface area contributed by atoms with Gasteiger partial charge >= 0.3 is 0 Å². The molecule has 5 heteroatoms. The second-order valence-electron chi connectivity index (χ2n) is 4.25. The van der Waals surface area contributed by atoms with Crippen molar-refractivity contribution in [2.75, 3.05) is 11.9 Å². The summed E-state index contributed by atoms with van der Waals surface area (Å²) in [4.78, 5) is 0. The summed E-state index contributed by atoms with van der Waals surface area (Å²) in [5.41, 5.74) is 2.57. The van der Waals surface area contributed by atoms with E-state index in [1.807, 2.05) is 36.4 Å². The Bertz CT molecular complexity index is 716. The molecule has 0 spiro atoms. The summed E-state index contributed by atoms with van der Waals surface area (Å²) in [5.74, 6) is 0.676. The van der Waals surface area contributed by atoms with Gasteiger partial charge in [-0.25, -0.2) is 0 Å². The predicted molar refractivity (Wildman–Crippen MR) is 83.7 cm³/mol. The Labute approximate surface area is 131 Å². The third-order valence-corrected chi connectivity index (χ3v) is 3.44. The highest BCUT2D eigenvalue weighted by molar-refractivity contribution is 9.10. The minimum atomic E-state index is 0.0397. The molecule has 21 heavy (non-hydrogen) atoms. The molecule has 1 N–H and O–H groups in total. The lowest BCUT2D eigenvalue weighted by Gasteiger charge is -2.10. The van der Waals surface area contributed by atoms with Crippen LogP contribution in [0.1, 0.15) is 11.1 Å². The Hall–Kier alpha value is -2.50. The van der Waals surface area contributed by atoms with Crippen LogP contribution in [0.3, 0.4) is 0 Å². The van der Waals surface area contributed by atoms with E-state index in [-0.39, 0.29) is 6.61 Å². The van der Waals surface area contributed by atoms with Gasteiger partial charge in [0.05, 0.1) is 11.6 Å². The van der Waals surface area contributed by atoms with Gasteiger partial charge in [0.25, 0.3) is 0 Å². The van der Waals surface area contributed by atoms with Crippen LogP contribution < -0.4 is 10.1 Å². The van der Waals surface area contributed by atoms with Crippen molar-refractivity contribution < 1.29 is 4.74 Å². The fraction of sp³-hybridized carbons (Fsp3) is 0.125. The van der Waals surface area contributed by atoms with Gasteiger partial charge in [0.15, 0.2) is 6.61 Å². The van der Waals surface area contributed by atoms with Crippen LogP contribution in [0.15, 0.2) is 46.9 Å².